The van der Waals surface area contributed by atoms with Crippen molar-refractivity contribution < 1.29 is 0 Å². The van der Waals surface area contributed by atoms with Crippen molar-refractivity contribution in [3.63, 3.8) is 0 Å². The summed E-state index contributed by atoms with van der Waals surface area (Å²) in [6, 6.07) is 0. The lowest BCUT2D eigenvalue weighted by Crippen LogP contribution is -2.15. The molecule has 0 fully saturated rings. The second-order valence-electron chi connectivity index (χ2n) is 3.65. The van der Waals surface area contributed by atoms with Crippen LogP contribution in [0.3, 0.4) is 0 Å². The van der Waals surface area contributed by atoms with Gasteiger partial charge in [0.05, 0.1) is 0 Å². The zero-order valence-electron chi connectivity index (χ0n) is 8.90. The van der Waals surface area contributed by atoms with E-state index in [2.05, 4.69) is 32.0 Å². The van der Waals surface area contributed by atoms with E-state index in [1.54, 1.807) is 0 Å². The molecule has 0 aromatic carbocycles. The van der Waals surface area contributed by atoms with Crippen LogP contribution in [0, 0.1) is 5.92 Å². The fraction of sp³-hybridized carbons (Fsp3) is 0.500. The predicted molar refractivity (Wildman–Crippen MR) is 60.6 cm³/mol. The van der Waals surface area contributed by atoms with Crippen LogP contribution in [0.25, 0.3) is 0 Å². The lowest BCUT2D eigenvalue weighted by atomic mass is 10.1. The Morgan fingerprint density at radius 3 is 2.54 bits per heavy atom. The van der Waals surface area contributed by atoms with Crippen LogP contribution in [0.15, 0.2) is 37.1 Å². The summed E-state index contributed by atoms with van der Waals surface area (Å²) in [6.07, 6.45) is 3.94. The van der Waals surface area contributed by atoms with Gasteiger partial charge in [0.1, 0.15) is 0 Å². The Morgan fingerprint density at radius 2 is 2.08 bits per heavy atom. The molecule has 0 bridgehead atoms. The third-order valence-corrected chi connectivity index (χ3v) is 1.90. The normalized spacial score (nSPS) is 11.8. The van der Waals surface area contributed by atoms with E-state index >= 15 is 0 Å². The highest BCUT2D eigenvalue weighted by Gasteiger charge is 1.98. The van der Waals surface area contributed by atoms with Gasteiger partial charge in [0.15, 0.2) is 0 Å². The van der Waals surface area contributed by atoms with Gasteiger partial charge in [-0.2, -0.15) is 0 Å². The minimum absolute atomic E-state index is 0.504. The molecule has 0 spiro atoms. The summed E-state index contributed by atoms with van der Waals surface area (Å²) in [6.45, 7) is 16.7. The molecule has 0 saturated heterocycles. The number of allylic oxidation sites excluding steroid dienone is 2. The molecule has 0 aliphatic rings. The standard InChI is InChI=1S/C12H21N/c1-6-11(4)9-12(5)13-8-7-10(2)3/h6,11,13H,1-2,5,7-9H2,3-4H3. The second kappa shape index (κ2) is 6.53. The first-order valence-corrected chi connectivity index (χ1v) is 4.74. The maximum atomic E-state index is 3.95. The number of rotatable bonds is 7. The zero-order valence-corrected chi connectivity index (χ0v) is 8.90. The monoisotopic (exact) mass is 179 g/mol. The molecule has 0 saturated carbocycles. The van der Waals surface area contributed by atoms with Crippen molar-refractivity contribution in [3.05, 3.63) is 37.1 Å². The SMILES string of the molecule is C=CC(C)CC(=C)NCCC(=C)C. The van der Waals surface area contributed by atoms with E-state index < -0.39 is 0 Å². The Bertz CT molecular complexity index is 191. The van der Waals surface area contributed by atoms with Gasteiger partial charge in [0, 0.05) is 12.2 Å². The highest BCUT2D eigenvalue weighted by Crippen LogP contribution is 2.07. The largest absolute Gasteiger partial charge is 0.388 e. The van der Waals surface area contributed by atoms with Crippen LogP contribution in [-0.4, -0.2) is 6.54 Å². The van der Waals surface area contributed by atoms with Gasteiger partial charge in [-0.1, -0.05) is 25.2 Å². The fourth-order valence-corrected chi connectivity index (χ4v) is 0.997. The van der Waals surface area contributed by atoms with Crippen molar-refractivity contribution in [2.24, 2.45) is 5.92 Å². The van der Waals surface area contributed by atoms with Gasteiger partial charge in [0.2, 0.25) is 0 Å². The van der Waals surface area contributed by atoms with Crippen molar-refractivity contribution >= 4 is 0 Å². The Morgan fingerprint density at radius 1 is 1.46 bits per heavy atom. The molecular formula is C12H21N. The molecular weight excluding hydrogens is 158 g/mol. The summed E-state index contributed by atoms with van der Waals surface area (Å²) < 4.78 is 0. The van der Waals surface area contributed by atoms with Gasteiger partial charge >= 0.3 is 0 Å². The van der Waals surface area contributed by atoms with E-state index in [1.807, 2.05) is 13.0 Å². The predicted octanol–water partition coefficient (Wildman–Crippen LogP) is 3.27. The average Bonchev–Trinajstić information content (AvgIpc) is 2.03. The highest BCUT2D eigenvalue weighted by molar-refractivity contribution is 4.97. The number of hydrogen-bond acceptors (Lipinski definition) is 1. The van der Waals surface area contributed by atoms with Gasteiger partial charge in [0.25, 0.3) is 0 Å². The molecule has 13 heavy (non-hydrogen) atoms. The molecule has 0 aromatic rings. The number of nitrogens with one attached hydrogen (secondary N) is 1. The van der Waals surface area contributed by atoms with Crippen molar-refractivity contribution in [1.29, 1.82) is 0 Å². The van der Waals surface area contributed by atoms with E-state index in [0.29, 0.717) is 5.92 Å². The minimum atomic E-state index is 0.504. The fourth-order valence-electron chi connectivity index (χ4n) is 0.997. The third-order valence-electron chi connectivity index (χ3n) is 1.90. The average molecular weight is 179 g/mol. The van der Waals surface area contributed by atoms with Crippen LogP contribution >= 0.6 is 0 Å². The van der Waals surface area contributed by atoms with Crippen LogP contribution in [0.1, 0.15) is 26.7 Å². The topological polar surface area (TPSA) is 12.0 Å². The van der Waals surface area contributed by atoms with E-state index in [4.69, 9.17) is 0 Å². The molecule has 0 amide bonds. The van der Waals surface area contributed by atoms with E-state index in [9.17, 15) is 0 Å². The lowest BCUT2D eigenvalue weighted by Gasteiger charge is -2.11. The Balaban J connectivity index is 3.51. The quantitative estimate of drug-likeness (QED) is 0.591. The third kappa shape index (κ3) is 7.38. The summed E-state index contributed by atoms with van der Waals surface area (Å²) in [5.41, 5.74) is 2.30. The van der Waals surface area contributed by atoms with Gasteiger partial charge in [-0.15, -0.1) is 13.2 Å². The molecule has 0 aliphatic heterocycles. The molecule has 1 heteroatoms. The molecule has 0 heterocycles. The molecule has 74 valence electrons. The van der Waals surface area contributed by atoms with E-state index in [-0.39, 0.29) is 0 Å². The van der Waals surface area contributed by atoms with Crippen LogP contribution in [-0.2, 0) is 0 Å². The lowest BCUT2D eigenvalue weighted by molar-refractivity contribution is 0.653. The van der Waals surface area contributed by atoms with Crippen molar-refractivity contribution in [2.75, 3.05) is 6.54 Å². The summed E-state index contributed by atoms with van der Waals surface area (Å²) in [5, 5.41) is 3.28. The number of hydrogen-bond donors (Lipinski definition) is 1. The maximum absolute atomic E-state index is 3.95. The van der Waals surface area contributed by atoms with Crippen LogP contribution < -0.4 is 5.32 Å². The van der Waals surface area contributed by atoms with Crippen LogP contribution in [0.4, 0.5) is 0 Å². The second-order valence-corrected chi connectivity index (χ2v) is 3.65. The summed E-state index contributed by atoms with van der Waals surface area (Å²) >= 11 is 0. The Labute approximate surface area is 82.2 Å². The summed E-state index contributed by atoms with van der Waals surface area (Å²) in [7, 11) is 0. The van der Waals surface area contributed by atoms with E-state index in [1.165, 1.54) is 5.57 Å². The Hall–Kier alpha value is -0.980. The first kappa shape index (κ1) is 12.0. The minimum Gasteiger partial charge on any atom is -0.388 e. The van der Waals surface area contributed by atoms with Crippen molar-refractivity contribution in [3.8, 4) is 0 Å². The summed E-state index contributed by atoms with van der Waals surface area (Å²) in [5.74, 6) is 0.504. The van der Waals surface area contributed by atoms with Gasteiger partial charge in [-0.05, 0) is 25.7 Å². The molecule has 0 aromatic heterocycles. The maximum Gasteiger partial charge on any atom is 0.0180 e. The highest BCUT2D eigenvalue weighted by atomic mass is 14.9. The van der Waals surface area contributed by atoms with Gasteiger partial charge in [-0.3, -0.25) is 0 Å². The smallest absolute Gasteiger partial charge is 0.0180 e. The van der Waals surface area contributed by atoms with Gasteiger partial charge in [-0.25, -0.2) is 0 Å². The first-order valence-electron chi connectivity index (χ1n) is 4.74. The molecule has 0 radical (unpaired) electrons. The molecule has 0 rings (SSSR count). The first-order chi connectivity index (χ1) is 6.06. The van der Waals surface area contributed by atoms with Crippen molar-refractivity contribution in [2.45, 2.75) is 26.7 Å². The molecule has 0 aliphatic carbocycles. The molecule has 1 atom stereocenters. The molecule has 1 N–H and O–H groups in total. The Kier molecular flexibility index (Phi) is 6.03. The molecule has 1 unspecified atom stereocenters. The van der Waals surface area contributed by atoms with Crippen LogP contribution in [0.2, 0.25) is 0 Å². The van der Waals surface area contributed by atoms with Gasteiger partial charge < -0.3 is 5.32 Å². The van der Waals surface area contributed by atoms with Crippen LogP contribution in [0.5, 0.6) is 0 Å². The molecule has 1 nitrogen and oxygen atoms in total. The van der Waals surface area contributed by atoms with Crippen molar-refractivity contribution in [1.82, 2.24) is 5.32 Å². The summed E-state index contributed by atoms with van der Waals surface area (Å²) in [4.78, 5) is 0. The zero-order chi connectivity index (χ0) is 10.3. The van der Waals surface area contributed by atoms with E-state index in [0.717, 1.165) is 25.1 Å².